The molecular weight excluding hydrogens is 488 g/mol. The molecule has 1 aliphatic rings. The molecule has 0 atom stereocenters. The molecule has 0 aliphatic carbocycles. The van der Waals surface area contributed by atoms with Gasteiger partial charge in [0.05, 0.1) is 47.2 Å². The van der Waals surface area contributed by atoms with Crippen LogP contribution in [-0.4, -0.2) is 51.3 Å². The van der Waals surface area contributed by atoms with Crippen molar-refractivity contribution >= 4 is 0 Å². The van der Waals surface area contributed by atoms with Crippen molar-refractivity contribution in [1.29, 1.82) is 0 Å². The molecule has 1 radical (unpaired) electrons. The summed E-state index contributed by atoms with van der Waals surface area (Å²) in [4.78, 5) is 4.74. The van der Waals surface area contributed by atoms with Crippen LogP contribution in [0.15, 0.2) is 97.1 Å². The Morgan fingerprint density at radius 1 is 0.436 bits per heavy atom. The average molecular weight is 524 g/mol. The van der Waals surface area contributed by atoms with Gasteiger partial charge >= 0.3 is 0 Å². The van der Waals surface area contributed by atoms with Gasteiger partial charge < -0.3 is 18.9 Å². The molecule has 1 saturated heterocycles. The van der Waals surface area contributed by atoms with Crippen LogP contribution in [0, 0.1) is 6.67 Å². The number of ether oxygens (including phenoxy) is 4. The van der Waals surface area contributed by atoms with Gasteiger partial charge in [0.15, 0.2) is 0 Å². The lowest BCUT2D eigenvalue weighted by Gasteiger charge is -2.33. The summed E-state index contributed by atoms with van der Waals surface area (Å²) in [6.07, 6.45) is 0. The van der Waals surface area contributed by atoms with Gasteiger partial charge in [0, 0.05) is 35.3 Å². The summed E-state index contributed by atoms with van der Waals surface area (Å²) in [7, 11) is 6.88. The molecule has 0 N–H and O–H groups in total. The first-order valence-electron chi connectivity index (χ1n) is 13.1. The van der Waals surface area contributed by atoms with Crippen molar-refractivity contribution in [3.8, 4) is 23.0 Å². The van der Waals surface area contributed by atoms with Crippen LogP contribution in [0.5, 0.6) is 23.0 Å². The molecule has 1 aliphatic heterocycles. The standard InChI is InChI=1S/C33H35N2O4/c1-36-28-17-9-5-13-24(28)32(25-14-6-10-18-29(25)37-2)34-21-22-35(23-34)33(26-15-7-11-19-30(26)38-3)27-16-8-12-20-31(27)39-4/h5-20,23,32-33H,21-22H2,1-4H3. The Labute approximate surface area is 231 Å². The van der Waals surface area contributed by atoms with Crippen molar-refractivity contribution in [2.24, 2.45) is 0 Å². The summed E-state index contributed by atoms with van der Waals surface area (Å²) in [5.41, 5.74) is 4.31. The normalized spacial score (nSPS) is 14.1. The van der Waals surface area contributed by atoms with E-state index in [1.165, 1.54) is 0 Å². The highest BCUT2D eigenvalue weighted by molar-refractivity contribution is 5.49. The van der Waals surface area contributed by atoms with E-state index in [-0.39, 0.29) is 12.1 Å². The first-order valence-corrected chi connectivity index (χ1v) is 13.1. The highest BCUT2D eigenvalue weighted by Gasteiger charge is 2.37. The van der Waals surface area contributed by atoms with Gasteiger partial charge in [-0.05, 0) is 24.3 Å². The maximum absolute atomic E-state index is 5.83. The highest BCUT2D eigenvalue weighted by Crippen LogP contribution is 2.45. The number of hydrogen-bond acceptors (Lipinski definition) is 6. The highest BCUT2D eigenvalue weighted by atomic mass is 16.5. The summed E-state index contributed by atoms with van der Waals surface area (Å²) < 4.78 is 23.3. The fourth-order valence-corrected chi connectivity index (χ4v) is 5.55. The molecule has 6 heteroatoms. The molecule has 5 rings (SSSR count). The molecule has 0 spiro atoms. The lowest BCUT2D eigenvalue weighted by atomic mass is 9.95. The molecule has 0 aromatic heterocycles. The van der Waals surface area contributed by atoms with Crippen molar-refractivity contribution in [2.75, 3.05) is 41.5 Å². The smallest absolute Gasteiger partial charge is 0.123 e. The molecule has 39 heavy (non-hydrogen) atoms. The number of para-hydroxylation sites is 4. The van der Waals surface area contributed by atoms with Gasteiger partial charge in [0.25, 0.3) is 0 Å². The van der Waals surface area contributed by atoms with Crippen molar-refractivity contribution in [2.45, 2.75) is 12.1 Å². The van der Waals surface area contributed by atoms with Crippen molar-refractivity contribution in [3.05, 3.63) is 126 Å². The maximum Gasteiger partial charge on any atom is 0.123 e. The first kappa shape index (κ1) is 26.6. The van der Waals surface area contributed by atoms with Crippen LogP contribution in [0.4, 0.5) is 0 Å². The Kier molecular flexibility index (Phi) is 8.35. The van der Waals surface area contributed by atoms with Crippen LogP contribution in [-0.2, 0) is 0 Å². The molecule has 0 unspecified atom stereocenters. The average Bonchev–Trinajstić information content (AvgIpc) is 3.47. The molecule has 1 fully saturated rings. The van der Waals surface area contributed by atoms with E-state index < -0.39 is 0 Å². The van der Waals surface area contributed by atoms with E-state index in [0.717, 1.165) is 58.3 Å². The summed E-state index contributed by atoms with van der Waals surface area (Å²) in [6.45, 7) is 3.84. The van der Waals surface area contributed by atoms with E-state index in [1.807, 2.05) is 48.5 Å². The van der Waals surface area contributed by atoms with Crippen LogP contribution in [0.1, 0.15) is 34.3 Å². The van der Waals surface area contributed by atoms with Crippen molar-refractivity contribution < 1.29 is 18.9 Å². The fraction of sp³-hybridized carbons (Fsp3) is 0.242. The van der Waals surface area contributed by atoms with Gasteiger partial charge in [-0.15, -0.1) is 0 Å². The first-order chi connectivity index (χ1) is 19.2. The topological polar surface area (TPSA) is 43.4 Å². The predicted octanol–water partition coefficient (Wildman–Crippen LogP) is 6.34. The Morgan fingerprint density at radius 2 is 0.692 bits per heavy atom. The van der Waals surface area contributed by atoms with Crippen LogP contribution >= 0.6 is 0 Å². The number of hydrogen-bond donors (Lipinski definition) is 0. The lowest BCUT2D eigenvalue weighted by molar-refractivity contribution is 0.247. The van der Waals surface area contributed by atoms with Crippen LogP contribution in [0.2, 0.25) is 0 Å². The van der Waals surface area contributed by atoms with Gasteiger partial charge in [-0.1, -0.05) is 72.8 Å². The van der Waals surface area contributed by atoms with Crippen molar-refractivity contribution in [3.63, 3.8) is 0 Å². The molecule has 0 bridgehead atoms. The lowest BCUT2D eigenvalue weighted by Crippen LogP contribution is -2.29. The quantitative estimate of drug-likeness (QED) is 0.242. The second kappa shape index (κ2) is 12.2. The molecule has 201 valence electrons. The van der Waals surface area contributed by atoms with Gasteiger partial charge in [0.1, 0.15) is 23.0 Å². The van der Waals surface area contributed by atoms with E-state index >= 15 is 0 Å². The molecular formula is C33H35N2O4. The van der Waals surface area contributed by atoms with Gasteiger partial charge in [-0.25, -0.2) is 0 Å². The molecule has 0 saturated carbocycles. The summed E-state index contributed by atoms with van der Waals surface area (Å²) in [5, 5.41) is 0. The summed E-state index contributed by atoms with van der Waals surface area (Å²) in [5.74, 6) is 3.36. The monoisotopic (exact) mass is 523 g/mol. The zero-order chi connectivity index (χ0) is 27.2. The van der Waals surface area contributed by atoms with E-state index in [4.69, 9.17) is 18.9 Å². The Morgan fingerprint density at radius 3 is 0.949 bits per heavy atom. The van der Waals surface area contributed by atoms with Gasteiger partial charge in [0.2, 0.25) is 0 Å². The van der Waals surface area contributed by atoms with Gasteiger partial charge in [-0.3, -0.25) is 9.80 Å². The largest absolute Gasteiger partial charge is 0.496 e. The SMILES string of the molecule is COc1ccccc1C(c1ccccc1OC)N1[CH]N(C(c2ccccc2OC)c2ccccc2OC)CC1. The van der Waals surface area contributed by atoms with Crippen molar-refractivity contribution in [1.82, 2.24) is 9.80 Å². The molecule has 4 aromatic rings. The number of nitrogens with zero attached hydrogens (tertiary/aromatic N) is 2. The van der Waals surface area contributed by atoms with Gasteiger partial charge in [-0.2, -0.15) is 0 Å². The molecule has 1 heterocycles. The second-order valence-corrected chi connectivity index (χ2v) is 9.36. The minimum atomic E-state index is -0.113. The Balaban J connectivity index is 1.59. The van der Waals surface area contributed by atoms with E-state index in [0.29, 0.717) is 0 Å². The number of benzene rings is 4. The molecule has 4 aromatic carbocycles. The van der Waals surface area contributed by atoms with E-state index in [1.54, 1.807) is 28.4 Å². The Bertz CT molecular complexity index is 1190. The zero-order valence-electron chi connectivity index (χ0n) is 22.9. The van der Waals surface area contributed by atoms with E-state index in [2.05, 4.69) is 65.0 Å². The molecule has 0 amide bonds. The third kappa shape index (κ3) is 5.31. The van der Waals surface area contributed by atoms with Crippen LogP contribution in [0.3, 0.4) is 0 Å². The second-order valence-electron chi connectivity index (χ2n) is 9.36. The number of methoxy groups -OCH3 is 4. The minimum absolute atomic E-state index is 0.113. The summed E-state index contributed by atoms with van der Waals surface area (Å²) in [6, 6.07) is 32.6. The zero-order valence-corrected chi connectivity index (χ0v) is 22.9. The predicted molar refractivity (Wildman–Crippen MR) is 153 cm³/mol. The maximum atomic E-state index is 5.83. The van der Waals surface area contributed by atoms with E-state index in [9.17, 15) is 0 Å². The third-order valence-corrected chi connectivity index (χ3v) is 7.31. The molecule has 6 nitrogen and oxygen atoms in total. The van der Waals surface area contributed by atoms with Crippen LogP contribution < -0.4 is 18.9 Å². The third-order valence-electron chi connectivity index (χ3n) is 7.31. The fourth-order valence-electron chi connectivity index (χ4n) is 5.55. The summed E-state index contributed by atoms with van der Waals surface area (Å²) >= 11 is 0. The van der Waals surface area contributed by atoms with Crippen LogP contribution in [0.25, 0.3) is 0 Å². The minimum Gasteiger partial charge on any atom is -0.496 e. The number of rotatable bonds is 10. The Hall–Kier alpha value is -4.00.